The Morgan fingerprint density at radius 1 is 1.60 bits per heavy atom. The first-order chi connectivity index (χ1) is 9.58. The molecule has 2 N–H and O–H groups in total. The lowest BCUT2D eigenvalue weighted by Gasteiger charge is -2.37. The van der Waals surface area contributed by atoms with Gasteiger partial charge in [-0.2, -0.15) is 0 Å². The number of hydrogen-bond acceptors (Lipinski definition) is 4. The van der Waals surface area contributed by atoms with Crippen molar-refractivity contribution in [2.24, 2.45) is 5.92 Å². The van der Waals surface area contributed by atoms with Crippen LogP contribution in [0.2, 0.25) is 0 Å². The summed E-state index contributed by atoms with van der Waals surface area (Å²) in [6.45, 7) is 6.15. The van der Waals surface area contributed by atoms with E-state index in [4.69, 9.17) is 0 Å². The molecule has 1 saturated heterocycles. The lowest BCUT2D eigenvalue weighted by molar-refractivity contribution is -0.127. The van der Waals surface area contributed by atoms with Crippen LogP contribution in [0, 0.1) is 5.92 Å². The monoisotopic (exact) mass is 296 g/mol. The number of rotatable bonds is 5. The maximum atomic E-state index is 12.2. The zero-order valence-electron chi connectivity index (χ0n) is 12.2. The van der Waals surface area contributed by atoms with Crippen molar-refractivity contribution >= 4 is 17.2 Å². The molecular formula is C15H24N2O2S. The van der Waals surface area contributed by atoms with E-state index in [2.05, 4.69) is 10.2 Å². The molecule has 5 heteroatoms. The van der Waals surface area contributed by atoms with E-state index in [-0.39, 0.29) is 24.0 Å². The molecule has 1 aliphatic heterocycles. The van der Waals surface area contributed by atoms with Gasteiger partial charge < -0.3 is 10.4 Å². The fourth-order valence-corrected chi connectivity index (χ4v) is 3.33. The van der Waals surface area contributed by atoms with Crippen LogP contribution in [0.25, 0.3) is 0 Å². The van der Waals surface area contributed by atoms with Crippen LogP contribution in [-0.4, -0.2) is 41.1 Å². The van der Waals surface area contributed by atoms with Crippen molar-refractivity contribution in [3.8, 4) is 0 Å². The van der Waals surface area contributed by atoms with Crippen LogP contribution in [0.5, 0.6) is 0 Å². The number of carbonyl (C=O) groups excluding carboxylic acids is 1. The molecule has 3 unspecified atom stereocenters. The Kier molecular flexibility index (Phi) is 5.57. The minimum absolute atomic E-state index is 0.0737. The average molecular weight is 296 g/mol. The molecule has 4 nitrogen and oxygen atoms in total. The summed E-state index contributed by atoms with van der Waals surface area (Å²) in [5.41, 5.74) is 0. The molecule has 0 saturated carbocycles. The van der Waals surface area contributed by atoms with Gasteiger partial charge in [-0.1, -0.05) is 6.07 Å². The lowest BCUT2D eigenvalue weighted by Crippen LogP contribution is -2.50. The summed E-state index contributed by atoms with van der Waals surface area (Å²) in [5.74, 6) is 0.362. The molecule has 0 spiro atoms. The van der Waals surface area contributed by atoms with Crippen molar-refractivity contribution < 1.29 is 9.90 Å². The average Bonchev–Trinajstić information content (AvgIpc) is 2.97. The highest BCUT2D eigenvalue weighted by atomic mass is 32.1. The van der Waals surface area contributed by atoms with Crippen LogP contribution in [0.4, 0.5) is 0 Å². The summed E-state index contributed by atoms with van der Waals surface area (Å²) in [6, 6.07) is 3.89. The fraction of sp³-hybridized carbons (Fsp3) is 0.667. The summed E-state index contributed by atoms with van der Waals surface area (Å²) in [7, 11) is 0. The molecule has 1 fully saturated rings. The highest BCUT2D eigenvalue weighted by molar-refractivity contribution is 7.09. The quantitative estimate of drug-likeness (QED) is 0.872. The Morgan fingerprint density at radius 2 is 2.40 bits per heavy atom. The first kappa shape index (κ1) is 15.5. The molecule has 3 atom stereocenters. The summed E-state index contributed by atoms with van der Waals surface area (Å²) >= 11 is 1.66. The standard InChI is InChI=1S/C15H24N2O2S/c1-11(15(19)16-9-14-6-4-8-20-14)17-7-3-5-13(10-17)12(2)18/h4,6,8,11-13,18H,3,5,7,9-10H2,1-2H3,(H,16,19). The Hall–Kier alpha value is -0.910. The summed E-state index contributed by atoms with van der Waals surface area (Å²) < 4.78 is 0. The molecule has 1 amide bonds. The number of nitrogens with one attached hydrogen (secondary N) is 1. The fourth-order valence-electron chi connectivity index (χ4n) is 2.69. The van der Waals surface area contributed by atoms with Crippen LogP contribution in [0.15, 0.2) is 17.5 Å². The predicted octanol–water partition coefficient (Wildman–Crippen LogP) is 1.85. The van der Waals surface area contributed by atoms with Crippen molar-refractivity contribution in [3.05, 3.63) is 22.4 Å². The van der Waals surface area contributed by atoms with Crippen molar-refractivity contribution in [2.45, 2.75) is 45.4 Å². The van der Waals surface area contributed by atoms with Gasteiger partial charge in [-0.15, -0.1) is 11.3 Å². The molecule has 20 heavy (non-hydrogen) atoms. The van der Waals surface area contributed by atoms with E-state index >= 15 is 0 Å². The number of hydrogen-bond donors (Lipinski definition) is 2. The number of carbonyl (C=O) groups is 1. The van der Waals surface area contributed by atoms with Gasteiger partial charge in [0.1, 0.15) is 0 Å². The molecule has 0 aliphatic carbocycles. The maximum absolute atomic E-state index is 12.2. The molecule has 1 aromatic rings. The predicted molar refractivity (Wildman–Crippen MR) is 81.6 cm³/mol. The third-order valence-corrected chi connectivity index (χ3v) is 4.99. The van der Waals surface area contributed by atoms with Gasteiger partial charge in [-0.3, -0.25) is 9.69 Å². The largest absolute Gasteiger partial charge is 0.393 e. The van der Waals surface area contributed by atoms with E-state index in [9.17, 15) is 9.90 Å². The minimum Gasteiger partial charge on any atom is -0.393 e. The second-order valence-electron chi connectivity index (χ2n) is 5.61. The highest BCUT2D eigenvalue weighted by Crippen LogP contribution is 2.21. The third kappa shape index (κ3) is 4.04. The van der Waals surface area contributed by atoms with Crippen molar-refractivity contribution in [2.75, 3.05) is 13.1 Å². The molecule has 112 valence electrons. The van der Waals surface area contributed by atoms with Gasteiger partial charge >= 0.3 is 0 Å². The number of likely N-dealkylation sites (tertiary alicyclic amines) is 1. The minimum atomic E-state index is -0.292. The second-order valence-corrected chi connectivity index (χ2v) is 6.64. The summed E-state index contributed by atoms with van der Waals surface area (Å²) in [5, 5.41) is 14.7. The number of amides is 1. The Balaban J connectivity index is 1.83. The first-order valence-corrected chi connectivity index (χ1v) is 8.18. The third-order valence-electron chi connectivity index (χ3n) is 4.12. The van der Waals surface area contributed by atoms with Gasteiger partial charge in [0.15, 0.2) is 0 Å². The van der Waals surface area contributed by atoms with Gasteiger partial charge in [-0.25, -0.2) is 0 Å². The Bertz CT molecular complexity index is 420. The van der Waals surface area contributed by atoms with Gasteiger partial charge in [0, 0.05) is 11.4 Å². The Morgan fingerprint density at radius 3 is 3.05 bits per heavy atom. The van der Waals surface area contributed by atoms with E-state index in [0.717, 1.165) is 25.9 Å². The highest BCUT2D eigenvalue weighted by Gasteiger charge is 2.29. The molecule has 0 aromatic carbocycles. The molecule has 2 heterocycles. The number of aliphatic hydroxyl groups is 1. The molecular weight excluding hydrogens is 272 g/mol. The van der Waals surface area contributed by atoms with Crippen molar-refractivity contribution in [3.63, 3.8) is 0 Å². The normalized spacial score (nSPS) is 23.2. The van der Waals surface area contributed by atoms with Crippen LogP contribution in [0.3, 0.4) is 0 Å². The van der Waals surface area contributed by atoms with Crippen LogP contribution < -0.4 is 5.32 Å². The van der Waals surface area contributed by atoms with Gasteiger partial charge in [0.2, 0.25) is 5.91 Å². The number of nitrogens with zero attached hydrogens (tertiary/aromatic N) is 1. The molecule has 1 aliphatic rings. The first-order valence-electron chi connectivity index (χ1n) is 7.30. The molecule has 1 aromatic heterocycles. The molecule has 0 radical (unpaired) electrons. The number of thiophene rings is 1. The summed E-state index contributed by atoms with van der Waals surface area (Å²) in [4.78, 5) is 15.6. The van der Waals surface area contributed by atoms with Gasteiger partial charge in [0.25, 0.3) is 0 Å². The zero-order valence-corrected chi connectivity index (χ0v) is 13.0. The Labute approximate surface area is 124 Å². The maximum Gasteiger partial charge on any atom is 0.237 e. The van der Waals surface area contributed by atoms with Crippen LogP contribution in [0.1, 0.15) is 31.6 Å². The number of aliphatic hydroxyl groups excluding tert-OH is 1. The lowest BCUT2D eigenvalue weighted by atomic mass is 9.92. The number of piperidine rings is 1. The van der Waals surface area contributed by atoms with Crippen LogP contribution >= 0.6 is 11.3 Å². The SMILES string of the molecule is CC(O)C1CCCN(C(C)C(=O)NCc2cccs2)C1. The molecule has 2 rings (SSSR count). The second kappa shape index (κ2) is 7.20. The summed E-state index contributed by atoms with van der Waals surface area (Å²) in [6.07, 6.45) is 1.81. The van der Waals surface area contributed by atoms with E-state index in [1.807, 2.05) is 31.4 Å². The van der Waals surface area contributed by atoms with E-state index < -0.39 is 0 Å². The van der Waals surface area contributed by atoms with E-state index in [1.165, 1.54) is 4.88 Å². The van der Waals surface area contributed by atoms with Crippen LogP contribution in [-0.2, 0) is 11.3 Å². The van der Waals surface area contributed by atoms with E-state index in [0.29, 0.717) is 6.54 Å². The van der Waals surface area contributed by atoms with Gasteiger partial charge in [-0.05, 0) is 50.6 Å². The molecule has 0 bridgehead atoms. The van der Waals surface area contributed by atoms with Crippen molar-refractivity contribution in [1.29, 1.82) is 0 Å². The smallest absolute Gasteiger partial charge is 0.237 e. The topological polar surface area (TPSA) is 52.6 Å². The van der Waals surface area contributed by atoms with Gasteiger partial charge in [0.05, 0.1) is 18.7 Å². The van der Waals surface area contributed by atoms with Crippen molar-refractivity contribution in [1.82, 2.24) is 10.2 Å². The van der Waals surface area contributed by atoms with E-state index in [1.54, 1.807) is 11.3 Å². The zero-order chi connectivity index (χ0) is 14.5.